The number of thiophene rings is 1. The SMILES string of the molecule is CCCNC(CSc1cccc(Cl)c1)Cc1sccc1Br. The lowest BCUT2D eigenvalue weighted by Crippen LogP contribution is -2.33. The zero-order valence-corrected chi connectivity index (χ0v) is 15.9. The summed E-state index contributed by atoms with van der Waals surface area (Å²) in [7, 11) is 0. The molecule has 0 spiro atoms. The lowest BCUT2D eigenvalue weighted by Gasteiger charge is -2.18. The van der Waals surface area contributed by atoms with Crippen LogP contribution in [0.3, 0.4) is 0 Å². The molecule has 1 N–H and O–H groups in total. The normalized spacial score (nSPS) is 12.5. The molecule has 1 atom stereocenters. The Morgan fingerprint density at radius 2 is 2.24 bits per heavy atom. The van der Waals surface area contributed by atoms with E-state index in [1.165, 1.54) is 14.2 Å². The highest BCUT2D eigenvalue weighted by Gasteiger charge is 2.12. The third kappa shape index (κ3) is 5.95. The van der Waals surface area contributed by atoms with Crippen molar-refractivity contribution in [2.75, 3.05) is 12.3 Å². The average Bonchev–Trinajstić information content (AvgIpc) is 2.87. The van der Waals surface area contributed by atoms with E-state index in [1.807, 2.05) is 41.3 Å². The number of rotatable bonds is 8. The fourth-order valence-electron chi connectivity index (χ4n) is 1.99. The fourth-order valence-corrected chi connectivity index (χ4v) is 4.85. The van der Waals surface area contributed by atoms with Crippen molar-refractivity contribution in [3.63, 3.8) is 0 Å². The van der Waals surface area contributed by atoms with Crippen molar-refractivity contribution in [2.24, 2.45) is 0 Å². The summed E-state index contributed by atoms with van der Waals surface area (Å²) in [4.78, 5) is 2.64. The number of thioether (sulfide) groups is 1. The summed E-state index contributed by atoms with van der Waals surface area (Å²) in [5, 5.41) is 6.60. The number of nitrogens with one attached hydrogen (secondary N) is 1. The van der Waals surface area contributed by atoms with E-state index >= 15 is 0 Å². The van der Waals surface area contributed by atoms with Gasteiger partial charge in [0.05, 0.1) is 0 Å². The molecule has 2 rings (SSSR count). The van der Waals surface area contributed by atoms with Crippen LogP contribution in [-0.2, 0) is 6.42 Å². The van der Waals surface area contributed by atoms with Crippen LogP contribution >= 0.6 is 50.6 Å². The zero-order valence-electron chi connectivity index (χ0n) is 11.9. The molecule has 114 valence electrons. The Balaban J connectivity index is 1.94. The zero-order chi connectivity index (χ0) is 15.1. The minimum Gasteiger partial charge on any atom is -0.313 e. The van der Waals surface area contributed by atoms with Gasteiger partial charge in [-0.1, -0.05) is 24.6 Å². The first-order valence-corrected chi connectivity index (χ1v) is 10.1. The maximum Gasteiger partial charge on any atom is 0.0417 e. The van der Waals surface area contributed by atoms with Crippen molar-refractivity contribution in [3.05, 3.63) is 50.1 Å². The van der Waals surface area contributed by atoms with Crippen molar-refractivity contribution in [3.8, 4) is 0 Å². The average molecular weight is 405 g/mol. The monoisotopic (exact) mass is 403 g/mol. The summed E-state index contributed by atoms with van der Waals surface area (Å²) in [6.45, 7) is 3.26. The topological polar surface area (TPSA) is 12.0 Å². The van der Waals surface area contributed by atoms with Crippen LogP contribution in [0.5, 0.6) is 0 Å². The predicted octanol–water partition coefficient (Wildman–Crippen LogP) is 5.87. The predicted molar refractivity (Wildman–Crippen MR) is 100.0 cm³/mol. The van der Waals surface area contributed by atoms with E-state index in [9.17, 15) is 0 Å². The number of halogens is 2. The van der Waals surface area contributed by atoms with E-state index in [1.54, 1.807) is 0 Å². The van der Waals surface area contributed by atoms with Crippen molar-refractivity contribution in [1.82, 2.24) is 5.32 Å². The van der Waals surface area contributed by atoms with E-state index in [4.69, 9.17) is 11.6 Å². The van der Waals surface area contributed by atoms with Gasteiger partial charge >= 0.3 is 0 Å². The molecule has 0 radical (unpaired) electrons. The Morgan fingerprint density at radius 1 is 1.38 bits per heavy atom. The Kier molecular flexibility index (Phi) is 7.61. The van der Waals surface area contributed by atoms with E-state index in [0.29, 0.717) is 6.04 Å². The number of hydrogen-bond acceptors (Lipinski definition) is 3. The molecule has 1 heterocycles. The van der Waals surface area contributed by atoms with Crippen molar-refractivity contribution in [1.29, 1.82) is 0 Å². The molecule has 21 heavy (non-hydrogen) atoms. The van der Waals surface area contributed by atoms with E-state index in [2.05, 4.69) is 45.7 Å². The van der Waals surface area contributed by atoms with Gasteiger partial charge < -0.3 is 5.32 Å². The summed E-state index contributed by atoms with van der Waals surface area (Å²) in [6.07, 6.45) is 2.22. The molecule has 1 aromatic carbocycles. The van der Waals surface area contributed by atoms with E-state index in [0.717, 1.165) is 30.2 Å². The Labute approximate surface area is 148 Å². The van der Waals surface area contributed by atoms with Crippen LogP contribution in [0.2, 0.25) is 5.02 Å². The maximum absolute atomic E-state index is 6.05. The van der Waals surface area contributed by atoms with E-state index in [-0.39, 0.29) is 0 Å². The molecule has 0 saturated heterocycles. The lowest BCUT2D eigenvalue weighted by atomic mass is 10.2. The fraction of sp³-hybridized carbons (Fsp3) is 0.375. The van der Waals surface area contributed by atoms with Gasteiger partial charge in [-0.25, -0.2) is 0 Å². The second-order valence-electron chi connectivity index (χ2n) is 4.82. The van der Waals surface area contributed by atoms with Crippen molar-refractivity contribution >= 4 is 50.6 Å². The molecular formula is C16H19BrClNS2. The Bertz CT molecular complexity index is 559. The third-order valence-corrected chi connectivity index (χ3v) is 6.39. The summed E-state index contributed by atoms with van der Waals surface area (Å²) >= 11 is 13.4. The highest BCUT2D eigenvalue weighted by atomic mass is 79.9. The molecule has 1 unspecified atom stereocenters. The van der Waals surface area contributed by atoms with Gasteiger partial charge in [-0.15, -0.1) is 23.1 Å². The van der Waals surface area contributed by atoms with Crippen LogP contribution in [-0.4, -0.2) is 18.3 Å². The second-order valence-corrected chi connectivity index (χ2v) is 8.20. The Morgan fingerprint density at radius 3 is 2.90 bits per heavy atom. The number of benzene rings is 1. The number of hydrogen-bond donors (Lipinski definition) is 1. The van der Waals surface area contributed by atoms with Gasteiger partial charge in [0.15, 0.2) is 0 Å². The molecule has 0 saturated carbocycles. The third-order valence-electron chi connectivity index (χ3n) is 3.05. The molecule has 2 aromatic rings. The first-order valence-electron chi connectivity index (χ1n) is 7.02. The minimum absolute atomic E-state index is 0.476. The minimum atomic E-state index is 0.476. The summed E-state index contributed by atoms with van der Waals surface area (Å²) < 4.78 is 1.23. The molecule has 0 amide bonds. The standard InChI is InChI=1S/C16H19BrClNS2/c1-2-7-19-13(10-16-15(17)6-8-20-16)11-21-14-5-3-4-12(18)9-14/h3-6,8-9,13,19H,2,7,10-11H2,1H3. The smallest absolute Gasteiger partial charge is 0.0417 e. The van der Waals surface area contributed by atoms with Gasteiger partial charge in [-0.2, -0.15) is 0 Å². The highest BCUT2D eigenvalue weighted by Crippen LogP contribution is 2.27. The van der Waals surface area contributed by atoms with Crippen molar-refractivity contribution < 1.29 is 0 Å². The molecule has 1 nitrogen and oxygen atoms in total. The molecule has 0 aliphatic rings. The summed E-state index contributed by atoms with van der Waals surface area (Å²) in [5.41, 5.74) is 0. The van der Waals surface area contributed by atoms with Crippen LogP contribution in [0.25, 0.3) is 0 Å². The Hall–Kier alpha value is -0.000000000000000111. The molecule has 0 bridgehead atoms. The lowest BCUT2D eigenvalue weighted by molar-refractivity contribution is 0.552. The van der Waals surface area contributed by atoms with Gasteiger partial charge in [0.2, 0.25) is 0 Å². The molecule has 5 heteroatoms. The molecule has 0 aliphatic carbocycles. The second kappa shape index (κ2) is 9.21. The van der Waals surface area contributed by atoms with Gasteiger partial charge in [0.25, 0.3) is 0 Å². The van der Waals surface area contributed by atoms with Gasteiger partial charge in [-0.05, 0) is 65.0 Å². The van der Waals surface area contributed by atoms with Gasteiger partial charge in [-0.3, -0.25) is 0 Å². The van der Waals surface area contributed by atoms with Crippen LogP contribution in [0.1, 0.15) is 18.2 Å². The maximum atomic E-state index is 6.05. The first-order chi connectivity index (χ1) is 10.2. The largest absolute Gasteiger partial charge is 0.313 e. The van der Waals surface area contributed by atoms with Gasteiger partial charge in [0.1, 0.15) is 0 Å². The first kappa shape index (κ1) is 17.4. The van der Waals surface area contributed by atoms with E-state index < -0.39 is 0 Å². The summed E-state index contributed by atoms with van der Waals surface area (Å²) in [6, 6.07) is 10.7. The van der Waals surface area contributed by atoms with Crippen LogP contribution in [0, 0.1) is 0 Å². The quantitative estimate of drug-likeness (QED) is 0.552. The summed E-state index contributed by atoms with van der Waals surface area (Å²) in [5.74, 6) is 1.05. The molecular weight excluding hydrogens is 386 g/mol. The van der Waals surface area contributed by atoms with Crippen LogP contribution < -0.4 is 5.32 Å². The van der Waals surface area contributed by atoms with Crippen LogP contribution in [0.4, 0.5) is 0 Å². The molecule has 1 aromatic heterocycles. The molecule has 0 aliphatic heterocycles. The highest BCUT2D eigenvalue weighted by molar-refractivity contribution is 9.10. The molecule has 0 fully saturated rings. The van der Waals surface area contributed by atoms with Crippen molar-refractivity contribution in [2.45, 2.75) is 30.7 Å². The van der Waals surface area contributed by atoms with Gasteiger partial charge in [0, 0.05) is 31.1 Å². The van der Waals surface area contributed by atoms with Crippen LogP contribution in [0.15, 0.2) is 45.1 Å².